The Bertz CT molecular complexity index is 2040. The molecule has 0 bridgehead atoms. The average Bonchev–Trinajstić information content (AvgIpc) is 3.56. The molecule has 6 aromatic carbocycles. The summed E-state index contributed by atoms with van der Waals surface area (Å²) in [5, 5.41) is 10.9. The predicted octanol–water partition coefficient (Wildman–Crippen LogP) is 10.4. The molecule has 2 aromatic heterocycles. The van der Waals surface area contributed by atoms with E-state index >= 15 is 0 Å². The zero-order valence-corrected chi connectivity index (χ0v) is 20.2. The third kappa shape index (κ3) is 2.76. The summed E-state index contributed by atoms with van der Waals surface area (Å²) >= 11 is 1.78. The summed E-state index contributed by atoms with van der Waals surface area (Å²) in [7, 11) is 0. The molecule has 0 radical (unpaired) electrons. The topological polar surface area (TPSA) is 13.1 Å². The van der Waals surface area contributed by atoms with Crippen LogP contribution < -0.4 is 0 Å². The fourth-order valence-electron chi connectivity index (χ4n) is 5.80. The van der Waals surface area contributed by atoms with Gasteiger partial charge in [0.15, 0.2) is 0 Å². The summed E-state index contributed by atoms with van der Waals surface area (Å²) in [6.07, 6.45) is 0. The van der Waals surface area contributed by atoms with Gasteiger partial charge in [-0.25, -0.2) is 0 Å². The summed E-state index contributed by atoms with van der Waals surface area (Å²) in [4.78, 5) is 0. The SMILES string of the molecule is c1ccc(-c2c3ccccc3c(-c3ccc4oc5ccc6ccsc6c5c4c3)c3ccccc23)cc1. The van der Waals surface area contributed by atoms with Gasteiger partial charge in [0.25, 0.3) is 0 Å². The first-order valence-corrected chi connectivity index (χ1v) is 13.1. The Morgan fingerprint density at radius 3 is 1.78 bits per heavy atom. The van der Waals surface area contributed by atoms with E-state index in [1.165, 1.54) is 64.7 Å². The zero-order valence-electron chi connectivity index (χ0n) is 19.4. The molecule has 0 N–H and O–H groups in total. The molecule has 0 saturated heterocycles. The summed E-state index contributed by atoms with van der Waals surface area (Å²) in [5.74, 6) is 0. The van der Waals surface area contributed by atoms with Gasteiger partial charge in [-0.2, -0.15) is 0 Å². The van der Waals surface area contributed by atoms with Crippen molar-refractivity contribution in [1.82, 2.24) is 0 Å². The lowest BCUT2D eigenvalue weighted by atomic mass is 9.86. The lowest BCUT2D eigenvalue weighted by molar-refractivity contribution is 0.669. The van der Waals surface area contributed by atoms with E-state index < -0.39 is 0 Å². The number of hydrogen-bond donors (Lipinski definition) is 0. The standard InChI is InChI=1S/C34H20OS/c1-2-8-21(9-3-1)31-24-10-4-6-12-26(24)32(27-13-7-5-11-25(27)31)23-15-16-29-28(20-23)33-30(35-29)17-14-22-18-19-36-34(22)33/h1-20H. The Hall–Kier alpha value is -4.40. The van der Waals surface area contributed by atoms with Crippen molar-refractivity contribution in [3.8, 4) is 22.3 Å². The van der Waals surface area contributed by atoms with E-state index in [1.807, 2.05) is 0 Å². The molecule has 2 heterocycles. The van der Waals surface area contributed by atoms with Crippen LogP contribution in [-0.2, 0) is 0 Å². The van der Waals surface area contributed by atoms with Gasteiger partial charge in [0.05, 0.1) is 0 Å². The Kier molecular flexibility index (Phi) is 4.16. The van der Waals surface area contributed by atoms with E-state index in [9.17, 15) is 0 Å². The van der Waals surface area contributed by atoms with Gasteiger partial charge in [0.2, 0.25) is 0 Å². The molecule has 0 amide bonds. The molecule has 168 valence electrons. The van der Waals surface area contributed by atoms with Gasteiger partial charge in [-0.15, -0.1) is 11.3 Å². The monoisotopic (exact) mass is 476 g/mol. The molecule has 0 aliphatic carbocycles. The Morgan fingerprint density at radius 2 is 1.08 bits per heavy atom. The molecule has 0 saturated carbocycles. The van der Waals surface area contributed by atoms with Gasteiger partial charge in [0.1, 0.15) is 11.2 Å². The highest BCUT2D eigenvalue weighted by molar-refractivity contribution is 7.18. The molecule has 8 rings (SSSR count). The summed E-state index contributed by atoms with van der Waals surface area (Å²) < 4.78 is 7.57. The fourth-order valence-corrected chi connectivity index (χ4v) is 6.75. The summed E-state index contributed by atoms with van der Waals surface area (Å²) in [6, 6.07) is 41.5. The lowest BCUT2D eigenvalue weighted by Gasteiger charge is -2.17. The average molecular weight is 477 g/mol. The van der Waals surface area contributed by atoms with E-state index in [0.29, 0.717) is 0 Å². The minimum atomic E-state index is 0.934. The van der Waals surface area contributed by atoms with Gasteiger partial charge in [0, 0.05) is 15.5 Å². The number of thiophene rings is 1. The molecule has 0 aliphatic heterocycles. The van der Waals surface area contributed by atoms with Crippen LogP contribution in [0.2, 0.25) is 0 Å². The maximum absolute atomic E-state index is 6.28. The van der Waals surface area contributed by atoms with Crippen LogP contribution in [0.25, 0.3) is 75.8 Å². The van der Waals surface area contributed by atoms with Crippen LogP contribution in [0.3, 0.4) is 0 Å². The number of rotatable bonds is 2. The number of hydrogen-bond acceptors (Lipinski definition) is 2. The fraction of sp³-hybridized carbons (Fsp3) is 0. The van der Waals surface area contributed by atoms with Gasteiger partial charge in [-0.05, 0) is 84.9 Å². The van der Waals surface area contributed by atoms with E-state index in [4.69, 9.17) is 4.42 Å². The van der Waals surface area contributed by atoms with Crippen molar-refractivity contribution in [2.75, 3.05) is 0 Å². The highest BCUT2D eigenvalue weighted by Crippen LogP contribution is 2.45. The van der Waals surface area contributed by atoms with Gasteiger partial charge >= 0.3 is 0 Å². The molecule has 0 aliphatic rings. The predicted molar refractivity (Wildman–Crippen MR) is 155 cm³/mol. The quantitative estimate of drug-likeness (QED) is 0.226. The molecule has 0 spiro atoms. The maximum atomic E-state index is 6.28. The molecule has 2 heteroatoms. The van der Waals surface area contributed by atoms with Crippen molar-refractivity contribution in [3.05, 3.63) is 121 Å². The minimum Gasteiger partial charge on any atom is -0.456 e. The Labute approximate surface area is 211 Å². The first kappa shape index (κ1) is 19.9. The van der Waals surface area contributed by atoms with Crippen molar-refractivity contribution in [3.63, 3.8) is 0 Å². The summed E-state index contributed by atoms with van der Waals surface area (Å²) in [5.41, 5.74) is 6.91. The second kappa shape index (κ2) is 7.55. The van der Waals surface area contributed by atoms with Crippen molar-refractivity contribution < 1.29 is 4.42 Å². The van der Waals surface area contributed by atoms with Crippen LogP contribution in [-0.4, -0.2) is 0 Å². The van der Waals surface area contributed by atoms with E-state index in [0.717, 1.165) is 11.2 Å². The molecule has 0 atom stereocenters. The molecule has 1 nitrogen and oxygen atoms in total. The van der Waals surface area contributed by atoms with Crippen LogP contribution >= 0.6 is 11.3 Å². The van der Waals surface area contributed by atoms with Crippen molar-refractivity contribution >= 4 is 64.9 Å². The van der Waals surface area contributed by atoms with Crippen LogP contribution in [0, 0.1) is 0 Å². The third-order valence-electron chi connectivity index (χ3n) is 7.33. The van der Waals surface area contributed by atoms with Crippen LogP contribution in [0.1, 0.15) is 0 Å². The first-order valence-electron chi connectivity index (χ1n) is 12.2. The Morgan fingerprint density at radius 1 is 0.472 bits per heavy atom. The largest absolute Gasteiger partial charge is 0.456 e. The highest BCUT2D eigenvalue weighted by Gasteiger charge is 2.18. The molecular weight excluding hydrogens is 456 g/mol. The number of furan rings is 1. The normalized spacial score (nSPS) is 11.9. The third-order valence-corrected chi connectivity index (χ3v) is 8.28. The van der Waals surface area contributed by atoms with Crippen LogP contribution in [0.5, 0.6) is 0 Å². The highest BCUT2D eigenvalue weighted by atomic mass is 32.1. The summed E-state index contributed by atoms with van der Waals surface area (Å²) in [6.45, 7) is 0. The van der Waals surface area contributed by atoms with E-state index in [2.05, 4.69) is 121 Å². The van der Waals surface area contributed by atoms with Gasteiger partial charge in [-0.1, -0.05) is 84.9 Å². The van der Waals surface area contributed by atoms with Gasteiger partial charge < -0.3 is 4.42 Å². The van der Waals surface area contributed by atoms with Gasteiger partial charge in [-0.3, -0.25) is 0 Å². The van der Waals surface area contributed by atoms with E-state index in [-0.39, 0.29) is 0 Å². The smallest absolute Gasteiger partial charge is 0.136 e. The second-order valence-corrected chi connectivity index (χ2v) is 10.2. The first-order chi connectivity index (χ1) is 17.9. The second-order valence-electron chi connectivity index (χ2n) is 9.30. The minimum absolute atomic E-state index is 0.934. The molecular formula is C34H20OS. The number of benzene rings is 6. The molecule has 36 heavy (non-hydrogen) atoms. The number of fused-ring (bicyclic) bond motifs is 7. The van der Waals surface area contributed by atoms with Crippen molar-refractivity contribution in [2.24, 2.45) is 0 Å². The van der Waals surface area contributed by atoms with E-state index in [1.54, 1.807) is 11.3 Å². The molecule has 0 fully saturated rings. The van der Waals surface area contributed by atoms with Crippen LogP contribution in [0.4, 0.5) is 0 Å². The maximum Gasteiger partial charge on any atom is 0.136 e. The molecule has 8 aromatic rings. The Balaban J connectivity index is 1.52. The van der Waals surface area contributed by atoms with Crippen LogP contribution in [0.15, 0.2) is 125 Å². The zero-order chi connectivity index (χ0) is 23.6. The molecule has 0 unspecified atom stereocenters. The lowest BCUT2D eigenvalue weighted by Crippen LogP contribution is -1.90. The van der Waals surface area contributed by atoms with Crippen molar-refractivity contribution in [1.29, 1.82) is 0 Å². The van der Waals surface area contributed by atoms with Crippen molar-refractivity contribution in [2.45, 2.75) is 0 Å².